The molecule has 0 aliphatic rings. The Morgan fingerprint density at radius 2 is 1.79 bits per heavy atom. The molecular weight excluding hydrogens is 252 g/mol. The molecule has 0 aliphatic heterocycles. The third kappa shape index (κ3) is 6.64. The first kappa shape index (κ1) is 17.2. The van der Waals surface area contributed by atoms with Gasteiger partial charge in [0, 0.05) is 0 Å². The first-order chi connectivity index (χ1) is 8.70. The third-order valence-electron chi connectivity index (χ3n) is 2.30. The Balaban J connectivity index is 4.48. The van der Waals surface area contributed by atoms with Crippen LogP contribution < -0.4 is 11.1 Å². The maximum Gasteiger partial charge on any atom is 0.404 e. The van der Waals surface area contributed by atoms with Crippen molar-refractivity contribution in [2.75, 3.05) is 19.8 Å². The van der Waals surface area contributed by atoms with Crippen LogP contribution >= 0.6 is 0 Å². The smallest absolute Gasteiger partial charge is 0.404 e. The van der Waals surface area contributed by atoms with Crippen molar-refractivity contribution in [2.24, 2.45) is 17.1 Å². The summed E-state index contributed by atoms with van der Waals surface area (Å²) in [5, 5.41) is 2.51. The van der Waals surface area contributed by atoms with E-state index in [1.807, 2.05) is 0 Å². The molecule has 0 radical (unpaired) electrons. The summed E-state index contributed by atoms with van der Waals surface area (Å²) in [4.78, 5) is 34.1. The minimum Gasteiger partial charge on any atom is -0.465 e. The third-order valence-corrected chi connectivity index (χ3v) is 2.30. The highest BCUT2D eigenvalue weighted by atomic mass is 16.5. The lowest BCUT2D eigenvalue weighted by molar-refractivity contribution is -0.156. The molecule has 7 heteroatoms. The molecule has 0 heterocycles. The second kappa shape index (κ2) is 7.60. The maximum atomic E-state index is 12.0. The standard InChI is InChI=1S/C12H22N2O5/c1-5-18-10(16)8(12(2,3)4)9(15)14-6-7-19-11(13)17/h8H,5-7H2,1-4H3,(H2,13,17)(H,14,15). The van der Waals surface area contributed by atoms with Crippen molar-refractivity contribution in [3.05, 3.63) is 0 Å². The Hall–Kier alpha value is -1.79. The van der Waals surface area contributed by atoms with Gasteiger partial charge in [0.25, 0.3) is 0 Å². The summed E-state index contributed by atoms with van der Waals surface area (Å²) in [5.74, 6) is -1.94. The van der Waals surface area contributed by atoms with Gasteiger partial charge in [0.2, 0.25) is 5.91 Å². The molecule has 110 valence electrons. The molecule has 0 aliphatic carbocycles. The van der Waals surface area contributed by atoms with Gasteiger partial charge in [0.1, 0.15) is 12.5 Å². The fourth-order valence-electron chi connectivity index (χ4n) is 1.51. The van der Waals surface area contributed by atoms with E-state index in [0.29, 0.717) is 0 Å². The predicted octanol–water partition coefficient (Wildman–Crippen LogP) is 0.423. The molecule has 19 heavy (non-hydrogen) atoms. The van der Waals surface area contributed by atoms with Crippen LogP contribution in [0.5, 0.6) is 0 Å². The van der Waals surface area contributed by atoms with E-state index in [4.69, 9.17) is 10.5 Å². The lowest BCUT2D eigenvalue weighted by Gasteiger charge is -2.27. The molecule has 1 unspecified atom stereocenters. The largest absolute Gasteiger partial charge is 0.465 e. The fourth-order valence-corrected chi connectivity index (χ4v) is 1.51. The number of amides is 2. The van der Waals surface area contributed by atoms with Crippen molar-refractivity contribution >= 4 is 18.0 Å². The van der Waals surface area contributed by atoms with Crippen LogP contribution in [0.25, 0.3) is 0 Å². The molecule has 0 fully saturated rings. The van der Waals surface area contributed by atoms with Crippen LogP contribution in [0, 0.1) is 11.3 Å². The van der Waals surface area contributed by atoms with Crippen molar-refractivity contribution in [1.29, 1.82) is 0 Å². The molecule has 0 aromatic carbocycles. The highest BCUT2D eigenvalue weighted by Crippen LogP contribution is 2.27. The van der Waals surface area contributed by atoms with Crippen LogP contribution in [0.4, 0.5) is 4.79 Å². The summed E-state index contributed by atoms with van der Waals surface area (Å²) in [6.45, 7) is 7.25. The van der Waals surface area contributed by atoms with E-state index < -0.39 is 29.3 Å². The normalized spacial score (nSPS) is 12.4. The summed E-state index contributed by atoms with van der Waals surface area (Å²) in [6.07, 6.45) is -0.910. The molecule has 0 saturated carbocycles. The number of hydrogen-bond acceptors (Lipinski definition) is 5. The number of ether oxygens (including phenoxy) is 2. The van der Waals surface area contributed by atoms with Gasteiger partial charge >= 0.3 is 12.1 Å². The molecule has 7 nitrogen and oxygen atoms in total. The summed E-state index contributed by atoms with van der Waals surface area (Å²) in [6, 6.07) is 0. The molecule has 0 aromatic heterocycles. The zero-order valence-electron chi connectivity index (χ0n) is 11.8. The van der Waals surface area contributed by atoms with Gasteiger partial charge in [0.15, 0.2) is 0 Å². The highest BCUT2D eigenvalue weighted by molar-refractivity contribution is 5.98. The second-order valence-electron chi connectivity index (χ2n) is 5.01. The van der Waals surface area contributed by atoms with Gasteiger partial charge < -0.3 is 20.5 Å². The topological polar surface area (TPSA) is 108 Å². The van der Waals surface area contributed by atoms with Gasteiger partial charge in [-0.15, -0.1) is 0 Å². The quantitative estimate of drug-likeness (QED) is 0.414. The number of primary amides is 1. The molecule has 0 spiro atoms. The minimum atomic E-state index is -0.916. The zero-order valence-corrected chi connectivity index (χ0v) is 11.8. The lowest BCUT2D eigenvalue weighted by atomic mass is 9.80. The lowest BCUT2D eigenvalue weighted by Crippen LogP contribution is -2.44. The average Bonchev–Trinajstić information content (AvgIpc) is 2.22. The Labute approximate surface area is 112 Å². The SMILES string of the molecule is CCOC(=O)C(C(=O)NCCOC(N)=O)C(C)(C)C. The van der Waals surface area contributed by atoms with E-state index in [0.717, 1.165) is 0 Å². The second-order valence-corrected chi connectivity index (χ2v) is 5.01. The first-order valence-corrected chi connectivity index (χ1v) is 6.06. The monoisotopic (exact) mass is 274 g/mol. The van der Waals surface area contributed by atoms with Crippen molar-refractivity contribution < 1.29 is 23.9 Å². The molecule has 0 rings (SSSR count). The Morgan fingerprint density at radius 1 is 1.21 bits per heavy atom. The summed E-state index contributed by atoms with van der Waals surface area (Å²) in [7, 11) is 0. The number of esters is 1. The highest BCUT2D eigenvalue weighted by Gasteiger charge is 2.38. The van der Waals surface area contributed by atoms with Crippen LogP contribution in [-0.4, -0.2) is 37.7 Å². The molecule has 1 atom stereocenters. The molecule has 0 saturated heterocycles. The van der Waals surface area contributed by atoms with Gasteiger partial charge in [-0.2, -0.15) is 0 Å². The van der Waals surface area contributed by atoms with Crippen LogP contribution in [0.15, 0.2) is 0 Å². The maximum absolute atomic E-state index is 12.0. The fraction of sp³-hybridized carbons (Fsp3) is 0.750. The van der Waals surface area contributed by atoms with Gasteiger partial charge in [-0.25, -0.2) is 4.79 Å². The van der Waals surface area contributed by atoms with E-state index in [1.54, 1.807) is 27.7 Å². The Morgan fingerprint density at radius 3 is 2.21 bits per heavy atom. The van der Waals surface area contributed by atoms with E-state index in [2.05, 4.69) is 10.1 Å². The van der Waals surface area contributed by atoms with Crippen LogP contribution in [-0.2, 0) is 19.1 Å². The molecule has 2 amide bonds. The molecule has 0 bridgehead atoms. The van der Waals surface area contributed by atoms with Crippen molar-refractivity contribution in [2.45, 2.75) is 27.7 Å². The average molecular weight is 274 g/mol. The van der Waals surface area contributed by atoms with Gasteiger partial charge in [-0.05, 0) is 12.3 Å². The van der Waals surface area contributed by atoms with Crippen molar-refractivity contribution in [3.63, 3.8) is 0 Å². The summed E-state index contributed by atoms with van der Waals surface area (Å²) in [5.41, 5.74) is 4.21. The molecular formula is C12H22N2O5. The Bertz CT molecular complexity index is 336. The van der Waals surface area contributed by atoms with E-state index >= 15 is 0 Å². The van der Waals surface area contributed by atoms with Gasteiger partial charge in [-0.1, -0.05) is 20.8 Å². The van der Waals surface area contributed by atoms with Crippen LogP contribution in [0.3, 0.4) is 0 Å². The van der Waals surface area contributed by atoms with E-state index in [1.165, 1.54) is 0 Å². The van der Waals surface area contributed by atoms with E-state index in [9.17, 15) is 14.4 Å². The number of carbonyl (C=O) groups excluding carboxylic acids is 3. The number of carbonyl (C=O) groups is 3. The number of rotatable bonds is 6. The van der Waals surface area contributed by atoms with E-state index in [-0.39, 0.29) is 19.8 Å². The number of nitrogens with two attached hydrogens (primary N) is 1. The summed E-state index contributed by atoms with van der Waals surface area (Å²) >= 11 is 0. The summed E-state index contributed by atoms with van der Waals surface area (Å²) < 4.78 is 9.36. The first-order valence-electron chi connectivity index (χ1n) is 6.06. The molecule has 3 N–H and O–H groups in total. The molecule has 0 aromatic rings. The van der Waals surface area contributed by atoms with Crippen molar-refractivity contribution in [3.8, 4) is 0 Å². The van der Waals surface area contributed by atoms with Gasteiger partial charge in [-0.3, -0.25) is 9.59 Å². The zero-order chi connectivity index (χ0) is 15.1. The minimum absolute atomic E-state index is 0.0409. The van der Waals surface area contributed by atoms with Crippen LogP contribution in [0.1, 0.15) is 27.7 Å². The Kier molecular flexibility index (Phi) is 6.89. The number of nitrogens with one attached hydrogen (secondary N) is 1. The predicted molar refractivity (Wildman–Crippen MR) is 68.1 cm³/mol. The van der Waals surface area contributed by atoms with Crippen LogP contribution in [0.2, 0.25) is 0 Å². The van der Waals surface area contributed by atoms with Gasteiger partial charge in [0.05, 0.1) is 13.2 Å². The van der Waals surface area contributed by atoms with Crippen molar-refractivity contribution in [1.82, 2.24) is 5.32 Å². The number of hydrogen-bond donors (Lipinski definition) is 2.